The zero-order valence-electron chi connectivity index (χ0n) is 20.3. The average Bonchev–Trinajstić information content (AvgIpc) is 3.17. The Hall–Kier alpha value is -2.75. The van der Waals surface area contributed by atoms with Crippen molar-refractivity contribution in [3.63, 3.8) is 0 Å². The number of piperidine rings is 1. The molecule has 1 unspecified atom stereocenters. The van der Waals surface area contributed by atoms with Gasteiger partial charge in [-0.1, -0.05) is 11.6 Å². The number of allylic oxidation sites excluding steroid dienone is 3. The van der Waals surface area contributed by atoms with Crippen LogP contribution in [-0.2, 0) is 17.9 Å². The second-order valence-corrected chi connectivity index (χ2v) is 10.2. The lowest BCUT2D eigenvalue weighted by Gasteiger charge is -2.37. The number of hydrogen-bond acceptors (Lipinski definition) is 6. The smallest absolute Gasteiger partial charge is 0.236 e. The summed E-state index contributed by atoms with van der Waals surface area (Å²) in [6.07, 6.45) is 5.31. The van der Waals surface area contributed by atoms with Crippen molar-refractivity contribution < 1.29 is 9.18 Å². The quantitative estimate of drug-likeness (QED) is 0.696. The summed E-state index contributed by atoms with van der Waals surface area (Å²) >= 11 is 6.35. The topological polar surface area (TPSA) is 69.5 Å². The summed E-state index contributed by atoms with van der Waals surface area (Å²) in [7, 11) is 3.54. The first-order valence-corrected chi connectivity index (χ1v) is 12.4. The minimum Gasteiger partial charge on any atom is -0.368 e. The number of likely N-dealkylation sites (N-methyl/N-ethyl adjacent to an activating group) is 1. The second-order valence-electron chi connectivity index (χ2n) is 9.75. The van der Waals surface area contributed by atoms with Gasteiger partial charge < -0.3 is 10.2 Å². The van der Waals surface area contributed by atoms with Crippen molar-refractivity contribution in [1.29, 1.82) is 0 Å². The maximum atomic E-state index is 13.7. The number of nitrogens with one attached hydrogen (secondary N) is 1. The molecule has 1 atom stereocenters. The summed E-state index contributed by atoms with van der Waals surface area (Å²) < 4.78 is 15.9. The molecule has 1 aromatic carbocycles. The van der Waals surface area contributed by atoms with E-state index >= 15 is 0 Å². The number of hydrogen-bond donors (Lipinski definition) is 1. The van der Waals surface area contributed by atoms with Crippen LogP contribution in [0, 0.1) is 0 Å². The van der Waals surface area contributed by atoms with Gasteiger partial charge in [-0.2, -0.15) is 0 Å². The van der Waals surface area contributed by atoms with Crippen LogP contribution in [0.25, 0.3) is 5.69 Å². The van der Waals surface area contributed by atoms with Crippen molar-refractivity contribution >= 4 is 17.5 Å². The predicted octanol–water partition coefficient (Wildman–Crippen LogP) is 3.19. The minimum atomic E-state index is -0.206. The molecule has 4 heterocycles. The fraction of sp³-hybridized carbons (Fsp3) is 0.480. The largest absolute Gasteiger partial charge is 0.368 e. The van der Waals surface area contributed by atoms with E-state index in [1.807, 2.05) is 24.3 Å². The highest BCUT2D eigenvalue weighted by Crippen LogP contribution is 2.34. The lowest BCUT2D eigenvalue weighted by atomic mass is 9.95. The maximum absolute atomic E-state index is 13.7. The molecule has 186 valence electrons. The summed E-state index contributed by atoms with van der Waals surface area (Å²) in [5.74, 6) is 1.89. The monoisotopic (exact) mass is 499 g/mol. The van der Waals surface area contributed by atoms with E-state index in [1.54, 1.807) is 32.0 Å². The van der Waals surface area contributed by atoms with Gasteiger partial charge >= 0.3 is 0 Å². The van der Waals surface area contributed by atoms with Crippen molar-refractivity contribution in [1.82, 2.24) is 34.8 Å². The molecule has 35 heavy (non-hydrogen) atoms. The zero-order chi connectivity index (χ0) is 24.7. The third kappa shape index (κ3) is 4.85. The van der Waals surface area contributed by atoms with Crippen molar-refractivity contribution in [2.24, 2.45) is 0 Å². The third-order valence-electron chi connectivity index (χ3n) is 7.09. The molecule has 3 aliphatic heterocycles. The summed E-state index contributed by atoms with van der Waals surface area (Å²) in [6, 6.07) is 5.90. The zero-order valence-corrected chi connectivity index (χ0v) is 21.1. The highest BCUT2D eigenvalue weighted by atomic mass is 35.5. The van der Waals surface area contributed by atoms with Gasteiger partial charge in [-0.25, -0.2) is 4.39 Å². The number of nitrogens with zero attached hydrogens (tertiary/aromatic N) is 6. The van der Waals surface area contributed by atoms with E-state index in [4.69, 9.17) is 11.6 Å². The SMILES string of the molecule is CC1=C(F)C=CC(N2CCC(c3nnc4n3-c3ccc(Cl)cc3CN(CC(=O)N(C)C)C4)CC2)N1. The second kappa shape index (κ2) is 9.72. The van der Waals surface area contributed by atoms with Gasteiger partial charge in [-0.15, -0.1) is 10.2 Å². The predicted molar refractivity (Wildman–Crippen MR) is 133 cm³/mol. The van der Waals surface area contributed by atoms with Gasteiger partial charge in [0.15, 0.2) is 5.82 Å². The van der Waals surface area contributed by atoms with Crippen molar-refractivity contribution in [3.8, 4) is 5.69 Å². The van der Waals surface area contributed by atoms with Crippen LogP contribution >= 0.6 is 11.6 Å². The number of benzene rings is 1. The van der Waals surface area contributed by atoms with Gasteiger partial charge in [-0.05, 0) is 55.7 Å². The molecular formula is C25H31ClFN7O. The van der Waals surface area contributed by atoms with E-state index in [0.29, 0.717) is 30.4 Å². The van der Waals surface area contributed by atoms with Gasteiger partial charge in [0.2, 0.25) is 5.91 Å². The molecule has 0 spiro atoms. The molecule has 1 fully saturated rings. The van der Waals surface area contributed by atoms with Crippen LogP contribution in [0.15, 0.2) is 41.9 Å². The minimum absolute atomic E-state index is 0.0108. The molecule has 5 rings (SSSR count). The molecule has 3 aliphatic rings. The number of carbonyl (C=O) groups excluding carboxylic acids is 1. The Bertz CT molecular complexity index is 1180. The fourth-order valence-electron chi connectivity index (χ4n) is 5.09. The first-order chi connectivity index (χ1) is 16.8. The molecule has 2 aromatic rings. The molecule has 1 aromatic heterocycles. The first kappa shape index (κ1) is 24.0. The van der Waals surface area contributed by atoms with Gasteiger partial charge in [0.1, 0.15) is 11.7 Å². The molecule has 10 heteroatoms. The highest BCUT2D eigenvalue weighted by Gasteiger charge is 2.32. The summed E-state index contributed by atoms with van der Waals surface area (Å²) in [5.41, 5.74) is 2.66. The number of likely N-dealkylation sites (tertiary alicyclic amines) is 1. The fourth-order valence-corrected chi connectivity index (χ4v) is 5.28. The summed E-state index contributed by atoms with van der Waals surface area (Å²) in [4.78, 5) is 18.5. The van der Waals surface area contributed by atoms with Crippen molar-refractivity contribution in [2.75, 3.05) is 33.7 Å². The normalized spacial score (nSPS) is 21.3. The van der Waals surface area contributed by atoms with Crippen LogP contribution in [0.5, 0.6) is 0 Å². The molecule has 0 saturated carbocycles. The number of halogens is 2. The number of carbonyl (C=O) groups is 1. The Kier molecular flexibility index (Phi) is 6.65. The first-order valence-electron chi connectivity index (χ1n) is 12.0. The standard InChI is InChI=1S/C25H31ClFN7O/c1-16-20(27)5-7-22(28-16)33-10-8-17(9-11-33)25-30-29-23-14-32(15-24(35)31(2)3)13-18-12-19(26)4-6-21(18)34(23)25/h4-7,12,17,22,28H,8-11,13-15H2,1-3H3. The number of aromatic nitrogens is 3. The van der Waals surface area contributed by atoms with Crippen LogP contribution < -0.4 is 5.32 Å². The lowest BCUT2D eigenvalue weighted by Crippen LogP contribution is -2.48. The van der Waals surface area contributed by atoms with Crippen molar-refractivity contribution in [3.05, 3.63) is 64.1 Å². The lowest BCUT2D eigenvalue weighted by molar-refractivity contribution is -0.130. The Morgan fingerprint density at radius 2 is 2.00 bits per heavy atom. The van der Waals surface area contributed by atoms with Crippen LogP contribution in [0.3, 0.4) is 0 Å². The van der Waals surface area contributed by atoms with Crippen LogP contribution in [0.2, 0.25) is 5.02 Å². The van der Waals surface area contributed by atoms with Gasteiger partial charge in [0, 0.05) is 50.4 Å². The van der Waals surface area contributed by atoms with E-state index in [9.17, 15) is 9.18 Å². The number of amides is 1. The maximum Gasteiger partial charge on any atom is 0.236 e. The van der Waals surface area contributed by atoms with Gasteiger partial charge in [0.25, 0.3) is 0 Å². The number of rotatable bonds is 4. The molecule has 0 radical (unpaired) electrons. The van der Waals surface area contributed by atoms with E-state index < -0.39 is 0 Å². The summed E-state index contributed by atoms with van der Waals surface area (Å²) in [5, 5.41) is 13.1. The molecule has 0 aliphatic carbocycles. The Labute approximate surface area is 210 Å². The van der Waals surface area contributed by atoms with E-state index in [1.165, 1.54) is 0 Å². The average molecular weight is 500 g/mol. The van der Waals surface area contributed by atoms with Crippen molar-refractivity contribution in [2.45, 2.75) is 44.9 Å². The van der Waals surface area contributed by atoms with Crippen LogP contribution in [-0.4, -0.2) is 75.3 Å². The molecular weight excluding hydrogens is 469 g/mol. The van der Waals surface area contributed by atoms with Gasteiger partial charge in [0.05, 0.1) is 24.9 Å². The van der Waals surface area contributed by atoms with E-state index in [2.05, 4.69) is 29.9 Å². The molecule has 0 bridgehead atoms. The molecule has 1 saturated heterocycles. The van der Waals surface area contributed by atoms with Crippen LogP contribution in [0.1, 0.15) is 42.9 Å². The Morgan fingerprint density at radius 3 is 2.71 bits per heavy atom. The summed E-state index contributed by atoms with van der Waals surface area (Å²) in [6.45, 7) is 4.96. The highest BCUT2D eigenvalue weighted by molar-refractivity contribution is 6.30. The third-order valence-corrected chi connectivity index (χ3v) is 7.32. The van der Waals surface area contributed by atoms with E-state index in [-0.39, 0.29) is 23.8 Å². The molecule has 8 nitrogen and oxygen atoms in total. The molecule has 1 N–H and O–H groups in total. The Morgan fingerprint density at radius 1 is 1.23 bits per heavy atom. The molecule has 1 amide bonds. The number of fused-ring (bicyclic) bond motifs is 3. The van der Waals surface area contributed by atoms with Crippen LogP contribution in [0.4, 0.5) is 4.39 Å². The Balaban J connectivity index is 1.38. The number of dihydropyridines is 1. The van der Waals surface area contributed by atoms with Gasteiger partial charge in [-0.3, -0.25) is 19.2 Å². The van der Waals surface area contributed by atoms with E-state index in [0.717, 1.165) is 48.8 Å².